The van der Waals surface area contributed by atoms with Gasteiger partial charge in [-0.15, -0.1) is 0 Å². The minimum Gasteiger partial charge on any atom is -0.465 e. The number of nitrogens with one attached hydrogen (secondary N) is 2. The Hall–Kier alpha value is -3.22. The Morgan fingerprint density at radius 3 is 2.24 bits per heavy atom. The number of esters is 1. The Morgan fingerprint density at radius 2 is 1.64 bits per heavy atom. The highest BCUT2D eigenvalue weighted by atomic mass is 16.5. The first-order valence-corrected chi connectivity index (χ1v) is 7.78. The molecule has 130 valence electrons. The van der Waals surface area contributed by atoms with E-state index in [-0.39, 0.29) is 11.5 Å². The number of pyridine rings is 1. The van der Waals surface area contributed by atoms with E-state index in [1.807, 2.05) is 6.92 Å². The maximum atomic E-state index is 12.3. The van der Waals surface area contributed by atoms with Crippen LogP contribution in [0.15, 0.2) is 42.7 Å². The van der Waals surface area contributed by atoms with Crippen LogP contribution >= 0.6 is 0 Å². The molecule has 0 spiro atoms. The summed E-state index contributed by atoms with van der Waals surface area (Å²) in [5.41, 5.74) is 1.48. The molecular formula is C18H19N3O4. The highest BCUT2D eigenvalue weighted by Crippen LogP contribution is 2.12. The van der Waals surface area contributed by atoms with Crippen molar-refractivity contribution in [1.29, 1.82) is 0 Å². The number of methoxy groups -OCH3 is 1. The van der Waals surface area contributed by atoms with Crippen molar-refractivity contribution in [3.63, 3.8) is 0 Å². The van der Waals surface area contributed by atoms with Gasteiger partial charge in [0.1, 0.15) is 0 Å². The molecule has 0 aliphatic rings. The lowest BCUT2D eigenvalue weighted by Gasteiger charge is -2.08. The number of hydrogen-bond donors (Lipinski definition) is 2. The zero-order valence-electron chi connectivity index (χ0n) is 14.0. The fraction of sp³-hybridized carbons (Fsp3) is 0.222. The van der Waals surface area contributed by atoms with E-state index in [0.29, 0.717) is 23.4 Å². The topological polar surface area (TPSA) is 97.4 Å². The van der Waals surface area contributed by atoms with Crippen molar-refractivity contribution >= 4 is 23.5 Å². The van der Waals surface area contributed by atoms with Gasteiger partial charge in [-0.25, -0.2) is 4.79 Å². The highest BCUT2D eigenvalue weighted by molar-refractivity contribution is 6.06. The highest BCUT2D eigenvalue weighted by Gasteiger charge is 2.12. The molecule has 0 atom stereocenters. The fourth-order valence-electron chi connectivity index (χ4n) is 2.04. The van der Waals surface area contributed by atoms with Crippen LogP contribution in [-0.4, -0.2) is 36.4 Å². The first-order chi connectivity index (χ1) is 12.0. The van der Waals surface area contributed by atoms with Crippen LogP contribution in [0.4, 0.5) is 5.69 Å². The van der Waals surface area contributed by atoms with Gasteiger partial charge in [0.2, 0.25) is 0 Å². The molecule has 0 radical (unpaired) electrons. The number of rotatable bonds is 6. The van der Waals surface area contributed by atoms with E-state index in [1.54, 1.807) is 24.3 Å². The molecule has 0 unspecified atom stereocenters. The van der Waals surface area contributed by atoms with Gasteiger partial charge in [-0.3, -0.25) is 14.6 Å². The van der Waals surface area contributed by atoms with Crippen molar-refractivity contribution in [2.75, 3.05) is 19.0 Å². The van der Waals surface area contributed by atoms with Crippen LogP contribution < -0.4 is 10.6 Å². The third-order valence-electron chi connectivity index (χ3n) is 3.36. The summed E-state index contributed by atoms with van der Waals surface area (Å²) in [4.78, 5) is 39.6. The zero-order chi connectivity index (χ0) is 18.2. The van der Waals surface area contributed by atoms with Crippen LogP contribution in [0, 0.1) is 0 Å². The van der Waals surface area contributed by atoms with Crippen molar-refractivity contribution in [3.8, 4) is 0 Å². The molecule has 25 heavy (non-hydrogen) atoms. The van der Waals surface area contributed by atoms with E-state index in [0.717, 1.165) is 6.42 Å². The number of benzene rings is 1. The number of amides is 2. The third-order valence-corrected chi connectivity index (χ3v) is 3.36. The minimum atomic E-state index is -0.451. The molecule has 0 aliphatic carbocycles. The van der Waals surface area contributed by atoms with E-state index < -0.39 is 11.9 Å². The summed E-state index contributed by atoms with van der Waals surface area (Å²) < 4.78 is 4.62. The number of carbonyl (C=O) groups is 3. The van der Waals surface area contributed by atoms with E-state index >= 15 is 0 Å². The number of ether oxygens (including phenoxy) is 1. The summed E-state index contributed by atoms with van der Waals surface area (Å²) in [6, 6.07) is 7.77. The minimum absolute atomic E-state index is 0.265. The third kappa shape index (κ3) is 4.87. The van der Waals surface area contributed by atoms with Crippen LogP contribution in [0.1, 0.15) is 44.4 Å². The number of anilines is 1. The van der Waals surface area contributed by atoms with Crippen molar-refractivity contribution in [2.45, 2.75) is 13.3 Å². The Morgan fingerprint density at radius 1 is 1.00 bits per heavy atom. The van der Waals surface area contributed by atoms with Crippen molar-refractivity contribution in [1.82, 2.24) is 10.3 Å². The molecule has 0 saturated heterocycles. The Bertz CT molecular complexity index is 772. The van der Waals surface area contributed by atoms with Crippen LogP contribution in [-0.2, 0) is 4.74 Å². The van der Waals surface area contributed by atoms with Gasteiger partial charge in [-0.2, -0.15) is 0 Å². The largest absolute Gasteiger partial charge is 0.465 e. The molecule has 2 amide bonds. The molecule has 1 aromatic carbocycles. The summed E-state index contributed by atoms with van der Waals surface area (Å²) in [5.74, 6) is -1.12. The molecule has 0 fully saturated rings. The van der Waals surface area contributed by atoms with Gasteiger partial charge in [0.25, 0.3) is 11.8 Å². The van der Waals surface area contributed by atoms with Crippen LogP contribution in [0.3, 0.4) is 0 Å². The predicted molar refractivity (Wildman–Crippen MR) is 92.6 cm³/mol. The van der Waals surface area contributed by atoms with Gasteiger partial charge in [-0.1, -0.05) is 6.92 Å². The lowest BCUT2D eigenvalue weighted by atomic mass is 10.1. The quantitative estimate of drug-likeness (QED) is 0.786. The Balaban J connectivity index is 2.08. The summed E-state index contributed by atoms with van der Waals surface area (Å²) >= 11 is 0. The maximum absolute atomic E-state index is 12.3. The van der Waals surface area contributed by atoms with E-state index in [2.05, 4.69) is 20.4 Å². The van der Waals surface area contributed by atoms with Crippen molar-refractivity contribution in [2.24, 2.45) is 0 Å². The van der Waals surface area contributed by atoms with E-state index in [4.69, 9.17) is 0 Å². The van der Waals surface area contributed by atoms with Crippen LogP contribution in [0.25, 0.3) is 0 Å². The van der Waals surface area contributed by atoms with E-state index in [9.17, 15) is 14.4 Å². The molecule has 0 aliphatic heterocycles. The summed E-state index contributed by atoms with van der Waals surface area (Å²) in [6.07, 6.45) is 3.61. The summed E-state index contributed by atoms with van der Waals surface area (Å²) in [5, 5.41) is 5.42. The van der Waals surface area contributed by atoms with Crippen LogP contribution in [0.5, 0.6) is 0 Å². The number of hydrogen-bond acceptors (Lipinski definition) is 5. The standard InChI is InChI=1S/C18H19N3O4/c1-3-8-20-16(22)13-9-14(11-19-10-13)17(23)21-15-6-4-12(5-7-15)18(24)25-2/h4-7,9-11H,3,8H2,1-2H3,(H,20,22)(H,21,23). The molecule has 1 aromatic heterocycles. The normalized spacial score (nSPS) is 10.0. The average Bonchev–Trinajstić information content (AvgIpc) is 2.66. The molecule has 7 heteroatoms. The molecule has 0 saturated carbocycles. The van der Waals surface area contributed by atoms with Crippen molar-refractivity contribution in [3.05, 3.63) is 59.4 Å². The summed E-state index contributed by atoms with van der Waals surface area (Å²) in [7, 11) is 1.30. The van der Waals surface area contributed by atoms with E-state index in [1.165, 1.54) is 25.6 Å². The van der Waals surface area contributed by atoms with Gasteiger partial charge in [0.15, 0.2) is 0 Å². The second-order valence-electron chi connectivity index (χ2n) is 5.24. The fourth-order valence-corrected chi connectivity index (χ4v) is 2.04. The lowest BCUT2D eigenvalue weighted by molar-refractivity contribution is 0.0600. The van der Waals surface area contributed by atoms with Gasteiger partial charge in [0.05, 0.1) is 23.8 Å². The molecule has 2 rings (SSSR count). The average molecular weight is 341 g/mol. The van der Waals surface area contributed by atoms with Crippen molar-refractivity contribution < 1.29 is 19.1 Å². The first kappa shape index (κ1) is 18.1. The monoisotopic (exact) mass is 341 g/mol. The molecule has 0 bridgehead atoms. The molecular weight excluding hydrogens is 322 g/mol. The second-order valence-corrected chi connectivity index (χ2v) is 5.24. The number of nitrogens with zero attached hydrogens (tertiary/aromatic N) is 1. The zero-order valence-corrected chi connectivity index (χ0v) is 14.0. The number of carbonyl (C=O) groups excluding carboxylic acids is 3. The molecule has 2 N–H and O–H groups in total. The molecule has 7 nitrogen and oxygen atoms in total. The SMILES string of the molecule is CCCNC(=O)c1cncc(C(=O)Nc2ccc(C(=O)OC)cc2)c1. The predicted octanol–water partition coefficient (Wildman–Crippen LogP) is 2.26. The Labute approximate surface area is 145 Å². The first-order valence-electron chi connectivity index (χ1n) is 7.78. The van der Waals surface area contributed by atoms with Gasteiger partial charge < -0.3 is 15.4 Å². The van der Waals surface area contributed by atoms with Gasteiger partial charge in [-0.05, 0) is 36.8 Å². The lowest BCUT2D eigenvalue weighted by Crippen LogP contribution is -2.24. The van der Waals surface area contributed by atoms with Crippen LogP contribution in [0.2, 0.25) is 0 Å². The number of aromatic nitrogens is 1. The Kier molecular flexibility index (Phi) is 6.22. The van der Waals surface area contributed by atoms with Gasteiger partial charge in [0, 0.05) is 24.6 Å². The van der Waals surface area contributed by atoms with Gasteiger partial charge >= 0.3 is 5.97 Å². The molecule has 2 aromatic rings. The smallest absolute Gasteiger partial charge is 0.337 e. The maximum Gasteiger partial charge on any atom is 0.337 e. The second kappa shape index (κ2) is 8.58. The molecule has 1 heterocycles. The summed E-state index contributed by atoms with van der Waals surface area (Å²) in [6.45, 7) is 2.51.